The second kappa shape index (κ2) is 17.3. The first-order valence-corrected chi connectivity index (χ1v) is 23.2. The zero-order valence-corrected chi connectivity index (χ0v) is 35.3. The number of ether oxygens (including phenoxy) is 4. The van der Waals surface area contributed by atoms with Gasteiger partial charge in [-0.1, -0.05) is 43.9 Å². The van der Waals surface area contributed by atoms with Crippen LogP contribution in [0.25, 0.3) is 17.0 Å². The number of amides is 4. The first-order valence-electron chi connectivity index (χ1n) is 21.7. The van der Waals surface area contributed by atoms with Crippen LogP contribution in [0.15, 0.2) is 36.9 Å². The molecule has 0 radical (unpaired) electrons. The van der Waals surface area contributed by atoms with Crippen molar-refractivity contribution in [3.05, 3.63) is 42.5 Å². The minimum absolute atomic E-state index is 0.0155. The molecule has 15 nitrogen and oxygen atoms in total. The number of sulfonamides is 1. The third-order valence-corrected chi connectivity index (χ3v) is 15.1. The molecule has 2 aromatic rings. The van der Waals surface area contributed by atoms with Crippen LogP contribution in [-0.2, 0) is 29.1 Å². The molecule has 5 fully saturated rings. The van der Waals surface area contributed by atoms with E-state index in [0.29, 0.717) is 73.4 Å². The van der Waals surface area contributed by atoms with Crippen molar-refractivity contribution in [2.24, 2.45) is 17.8 Å². The summed E-state index contributed by atoms with van der Waals surface area (Å²) in [5.74, 6) is -1.18. The number of nitrogens with zero attached hydrogens (tertiary/aromatic N) is 2. The first kappa shape index (κ1) is 41.9. The van der Waals surface area contributed by atoms with E-state index in [9.17, 15) is 22.8 Å². The molecule has 4 aliphatic carbocycles. The molecular formula is C44H57N5O10S. The third kappa shape index (κ3) is 8.66. The molecule has 324 valence electrons. The van der Waals surface area contributed by atoms with Gasteiger partial charge in [0.05, 0.1) is 31.0 Å². The molecule has 6 aliphatic rings. The fraction of sp³-hybridized carbons (Fsp3) is 0.614. The van der Waals surface area contributed by atoms with Gasteiger partial charge in [0.15, 0.2) is 0 Å². The lowest BCUT2D eigenvalue weighted by molar-refractivity contribution is -0.142. The van der Waals surface area contributed by atoms with E-state index in [1.54, 1.807) is 13.2 Å². The lowest BCUT2D eigenvalue weighted by Gasteiger charge is -2.36. The Morgan fingerprint density at radius 1 is 1.03 bits per heavy atom. The molecule has 3 heterocycles. The number of hydrogen-bond acceptors (Lipinski definition) is 11. The predicted molar refractivity (Wildman–Crippen MR) is 223 cm³/mol. The van der Waals surface area contributed by atoms with Crippen molar-refractivity contribution in [3.8, 4) is 17.4 Å². The molecule has 16 heteroatoms. The van der Waals surface area contributed by atoms with Crippen LogP contribution in [0.3, 0.4) is 0 Å². The summed E-state index contributed by atoms with van der Waals surface area (Å²) in [6.07, 6.45) is 13.4. The number of nitrogens with one attached hydrogen (secondary N) is 3. The summed E-state index contributed by atoms with van der Waals surface area (Å²) in [6, 6.07) is 3.36. The minimum Gasteiger partial charge on any atom is -0.496 e. The smallest absolute Gasteiger partial charge is 0.408 e. The zero-order valence-electron chi connectivity index (χ0n) is 34.5. The molecular weight excluding hydrogens is 791 g/mol. The number of alkyl carbamates (subject to hydrolysis) is 1. The lowest BCUT2D eigenvalue weighted by atomic mass is 9.83. The molecule has 0 spiro atoms. The Kier molecular flexibility index (Phi) is 12.0. The molecule has 4 bridgehead atoms. The number of aromatic nitrogens is 1. The normalized spacial score (nSPS) is 30.4. The van der Waals surface area contributed by atoms with E-state index >= 15 is 4.79 Å². The fourth-order valence-corrected chi connectivity index (χ4v) is 11.1. The fourth-order valence-electron chi connectivity index (χ4n) is 9.71. The molecule has 4 amide bonds. The summed E-state index contributed by atoms with van der Waals surface area (Å²) in [7, 11) is -2.32. The molecule has 4 saturated carbocycles. The van der Waals surface area contributed by atoms with Crippen molar-refractivity contribution in [2.75, 3.05) is 20.3 Å². The molecule has 8 rings (SSSR count). The van der Waals surface area contributed by atoms with Crippen LogP contribution >= 0.6 is 0 Å². The van der Waals surface area contributed by atoms with Gasteiger partial charge in [-0.3, -0.25) is 19.1 Å². The van der Waals surface area contributed by atoms with E-state index in [0.717, 1.165) is 44.1 Å². The van der Waals surface area contributed by atoms with Crippen LogP contribution in [0.2, 0.25) is 0 Å². The number of benzene rings is 1. The van der Waals surface area contributed by atoms with Crippen LogP contribution in [0.4, 0.5) is 4.79 Å². The molecule has 7 atom stereocenters. The Balaban J connectivity index is 1.18. The number of pyridine rings is 1. The quantitative estimate of drug-likeness (QED) is 0.263. The Hall–Kier alpha value is -4.86. The largest absolute Gasteiger partial charge is 0.496 e. The summed E-state index contributed by atoms with van der Waals surface area (Å²) in [6.45, 7) is 6.02. The van der Waals surface area contributed by atoms with Gasteiger partial charge in [0, 0.05) is 35.4 Å². The average molecular weight is 848 g/mol. The number of hydrogen-bond donors (Lipinski definition) is 3. The average Bonchev–Trinajstić information content (AvgIpc) is 4.17. The summed E-state index contributed by atoms with van der Waals surface area (Å²) in [4.78, 5) is 63.5. The summed E-state index contributed by atoms with van der Waals surface area (Å²) in [5.41, 5.74) is -0.199. The van der Waals surface area contributed by atoms with Crippen molar-refractivity contribution in [3.63, 3.8) is 0 Å². The highest BCUT2D eigenvalue weighted by molar-refractivity contribution is 7.91. The number of rotatable bonds is 10. The molecule has 1 saturated heterocycles. The standard InChI is InChI=1S/C44H57N5O10S/c1-4-29-24-44(29,42(52)48-60(54,55)31-18-19-31)47-40(50)34-21-30-25-49(34)41(51)39(27-13-7-6-8-14-27)46-43(53)59-35-17-10-9-12-26(35)15-11-16-28-20-32-33(22-36(28)56-3)45-38(57-5-2)23-37(32)58-30/h4,11,16,20,22-23,26-27,29-31,34-35,39H,1,5-10,12-15,17-19,21,24-25H2,2-3H3,(H,46,53)(H,47,50)(H,48,52)/b16-11+/t26-,29-,30+,34-,35+,39-,44-/m0/s1. The summed E-state index contributed by atoms with van der Waals surface area (Å²) >= 11 is 0. The van der Waals surface area contributed by atoms with Gasteiger partial charge >= 0.3 is 6.09 Å². The van der Waals surface area contributed by atoms with Crippen LogP contribution in [0.5, 0.6) is 17.4 Å². The van der Waals surface area contributed by atoms with Crippen LogP contribution in [0, 0.1) is 17.8 Å². The van der Waals surface area contributed by atoms with Crippen molar-refractivity contribution < 1.29 is 46.5 Å². The van der Waals surface area contributed by atoms with Gasteiger partial charge in [-0.05, 0) is 82.6 Å². The molecule has 1 aromatic heterocycles. The Morgan fingerprint density at radius 2 is 1.78 bits per heavy atom. The number of allylic oxidation sites excluding steroid dienone is 1. The maximum atomic E-state index is 15.1. The van der Waals surface area contributed by atoms with E-state index in [1.807, 2.05) is 25.1 Å². The summed E-state index contributed by atoms with van der Waals surface area (Å²) in [5, 5.41) is 5.89. The van der Waals surface area contributed by atoms with Gasteiger partial charge in [0.2, 0.25) is 27.7 Å². The monoisotopic (exact) mass is 847 g/mol. The second-order valence-electron chi connectivity index (χ2n) is 17.3. The van der Waals surface area contributed by atoms with Crippen molar-refractivity contribution in [1.82, 2.24) is 25.2 Å². The van der Waals surface area contributed by atoms with Crippen LogP contribution < -0.4 is 29.6 Å². The van der Waals surface area contributed by atoms with Crippen LogP contribution in [-0.4, -0.2) is 97.5 Å². The van der Waals surface area contributed by atoms with Crippen molar-refractivity contribution in [2.45, 2.75) is 132 Å². The topological polar surface area (TPSA) is 192 Å². The van der Waals surface area contributed by atoms with Gasteiger partial charge in [-0.15, -0.1) is 6.58 Å². The van der Waals surface area contributed by atoms with Crippen LogP contribution in [0.1, 0.15) is 102 Å². The Labute approximate surface area is 351 Å². The van der Waals surface area contributed by atoms with Crippen molar-refractivity contribution in [1.29, 1.82) is 0 Å². The maximum Gasteiger partial charge on any atom is 0.408 e. The lowest BCUT2D eigenvalue weighted by Crippen LogP contribution is -2.59. The number of methoxy groups -OCH3 is 1. The van der Waals surface area contributed by atoms with Gasteiger partial charge in [0.25, 0.3) is 5.91 Å². The molecule has 60 heavy (non-hydrogen) atoms. The number of carbonyl (C=O) groups excluding carboxylic acids is 4. The zero-order chi connectivity index (χ0) is 42.2. The van der Waals surface area contributed by atoms with E-state index in [1.165, 1.54) is 11.0 Å². The van der Waals surface area contributed by atoms with Crippen molar-refractivity contribution >= 4 is 50.8 Å². The highest BCUT2D eigenvalue weighted by atomic mass is 32.2. The van der Waals surface area contributed by atoms with E-state index in [2.05, 4.69) is 28.0 Å². The maximum absolute atomic E-state index is 15.1. The van der Waals surface area contributed by atoms with E-state index < -0.39 is 68.7 Å². The Morgan fingerprint density at radius 3 is 2.50 bits per heavy atom. The van der Waals surface area contributed by atoms with E-state index in [-0.39, 0.29) is 37.3 Å². The Bertz CT molecular complexity index is 2150. The molecule has 0 unspecified atom stereocenters. The SMILES string of the molecule is C=C[C@H]1C[C@@]1(NC(=O)[C@@H]1C[C@@H]2CN1C(=O)[C@H](C1CCCCC1)NC(=O)O[C@@H]1CCCC[C@H]1C/C=C/c1cc3c(cc(OCC)nc3cc1OC)O2)C(=O)NS(=O)(=O)C1CC1. The predicted octanol–water partition coefficient (Wildman–Crippen LogP) is 5.31. The van der Waals surface area contributed by atoms with E-state index in [4.69, 9.17) is 23.9 Å². The van der Waals surface area contributed by atoms with Gasteiger partial charge < -0.3 is 34.5 Å². The number of fused-ring (bicyclic) bond motifs is 4. The molecule has 1 aromatic carbocycles. The first-order chi connectivity index (χ1) is 28.9. The van der Waals surface area contributed by atoms with Gasteiger partial charge in [-0.2, -0.15) is 0 Å². The highest BCUT2D eigenvalue weighted by Gasteiger charge is 2.62. The van der Waals surface area contributed by atoms with Gasteiger partial charge in [-0.25, -0.2) is 18.2 Å². The molecule has 2 aliphatic heterocycles. The third-order valence-electron chi connectivity index (χ3n) is 13.3. The number of carbonyl (C=O) groups is 4. The molecule has 3 N–H and O–H groups in total. The summed E-state index contributed by atoms with van der Waals surface area (Å²) < 4.78 is 52.5. The second-order valence-corrected chi connectivity index (χ2v) is 19.3. The highest BCUT2D eigenvalue weighted by Crippen LogP contribution is 2.46. The minimum atomic E-state index is -3.91. The van der Waals surface area contributed by atoms with Gasteiger partial charge in [0.1, 0.15) is 41.3 Å².